The Labute approximate surface area is 233 Å². The van der Waals surface area contributed by atoms with Crippen molar-refractivity contribution in [2.45, 2.75) is 58.0 Å². The lowest BCUT2D eigenvalue weighted by molar-refractivity contribution is -0.147. The Bertz CT molecular complexity index is 1210. The van der Waals surface area contributed by atoms with Crippen LogP contribution >= 0.6 is 12.6 Å². The second kappa shape index (κ2) is 14.6. The fourth-order valence-electron chi connectivity index (χ4n) is 4.25. The number of anilines is 2. The average Bonchev–Trinajstić information content (AvgIpc) is 2.92. The average molecular weight is 563 g/mol. The molecule has 4 amide bonds. The number of nitrogens with one attached hydrogen (secondary N) is 2. The summed E-state index contributed by atoms with van der Waals surface area (Å²) in [7, 11) is 3.24. The van der Waals surface area contributed by atoms with Gasteiger partial charge in [0.2, 0.25) is 17.7 Å². The number of aryl methyl sites for hydroxylation is 2. The Morgan fingerprint density at radius 3 is 2.31 bits per heavy atom. The number of piperidine rings is 2. The third-order valence-corrected chi connectivity index (χ3v) is 6.65. The van der Waals surface area contributed by atoms with Crippen molar-refractivity contribution in [1.82, 2.24) is 10.2 Å². The Morgan fingerprint density at radius 2 is 1.72 bits per heavy atom. The van der Waals surface area contributed by atoms with Gasteiger partial charge >= 0.3 is 0 Å². The summed E-state index contributed by atoms with van der Waals surface area (Å²) in [6.45, 7) is 3.56. The lowest BCUT2D eigenvalue weighted by atomic mass is 10.0. The van der Waals surface area contributed by atoms with Crippen molar-refractivity contribution in [3.05, 3.63) is 59.2 Å². The molecule has 2 aromatic carbocycles. The number of amides is 4. The van der Waals surface area contributed by atoms with E-state index in [1.165, 1.54) is 19.2 Å². The van der Waals surface area contributed by atoms with Gasteiger partial charge in [-0.25, -0.2) is 8.78 Å². The summed E-state index contributed by atoms with van der Waals surface area (Å²) < 4.78 is 26.8. The summed E-state index contributed by atoms with van der Waals surface area (Å²) in [6, 6.07) is 8.72. The Morgan fingerprint density at radius 1 is 1.03 bits per heavy atom. The minimum atomic E-state index is -0.463. The summed E-state index contributed by atoms with van der Waals surface area (Å²) in [5.41, 5.74) is 2.51. The summed E-state index contributed by atoms with van der Waals surface area (Å²) in [4.78, 5) is 48.9. The molecule has 2 aliphatic heterocycles. The van der Waals surface area contributed by atoms with Gasteiger partial charge in [-0.05, 0) is 73.9 Å². The molecular formula is C28H36F2N4O4S. The number of rotatable bonds is 5. The van der Waals surface area contributed by atoms with Crippen LogP contribution in [0.25, 0.3) is 0 Å². The molecule has 0 aromatic heterocycles. The highest BCUT2D eigenvalue weighted by atomic mass is 32.1. The van der Waals surface area contributed by atoms with E-state index in [1.807, 2.05) is 6.92 Å². The van der Waals surface area contributed by atoms with Crippen molar-refractivity contribution >= 4 is 47.6 Å². The van der Waals surface area contributed by atoms with Gasteiger partial charge in [-0.15, -0.1) is 0 Å². The molecule has 0 saturated carbocycles. The highest BCUT2D eigenvalue weighted by Crippen LogP contribution is 2.23. The monoisotopic (exact) mass is 562 g/mol. The number of nitrogens with zero attached hydrogens (tertiary/aromatic N) is 2. The van der Waals surface area contributed by atoms with Crippen LogP contribution in [0.1, 0.15) is 43.7 Å². The maximum Gasteiger partial charge on any atom is 0.251 e. The van der Waals surface area contributed by atoms with E-state index in [4.69, 9.17) is 0 Å². The van der Waals surface area contributed by atoms with Gasteiger partial charge in [0.1, 0.15) is 23.7 Å². The summed E-state index contributed by atoms with van der Waals surface area (Å²) in [5.74, 6) is -1.52. The molecule has 2 fully saturated rings. The van der Waals surface area contributed by atoms with Crippen molar-refractivity contribution in [1.29, 1.82) is 0 Å². The molecular weight excluding hydrogens is 526 g/mol. The van der Waals surface area contributed by atoms with Gasteiger partial charge in [0.05, 0.1) is 0 Å². The van der Waals surface area contributed by atoms with Crippen molar-refractivity contribution < 1.29 is 28.0 Å². The summed E-state index contributed by atoms with van der Waals surface area (Å²) in [5, 5.41) is 5.30. The summed E-state index contributed by atoms with van der Waals surface area (Å²) >= 11 is 3.53. The zero-order valence-corrected chi connectivity index (χ0v) is 23.8. The van der Waals surface area contributed by atoms with Crippen molar-refractivity contribution in [3.8, 4) is 0 Å². The van der Waals surface area contributed by atoms with E-state index in [9.17, 15) is 28.0 Å². The van der Waals surface area contributed by atoms with E-state index in [-0.39, 0.29) is 41.3 Å². The molecule has 39 heavy (non-hydrogen) atoms. The van der Waals surface area contributed by atoms with Gasteiger partial charge in [0.25, 0.3) is 5.91 Å². The molecule has 0 spiro atoms. The lowest BCUT2D eigenvalue weighted by Crippen LogP contribution is -2.51. The Hall–Kier alpha value is -3.47. The molecule has 2 saturated heterocycles. The maximum absolute atomic E-state index is 13.7. The van der Waals surface area contributed by atoms with Crippen LogP contribution in [0.3, 0.4) is 0 Å². The van der Waals surface area contributed by atoms with Gasteiger partial charge in [-0.1, -0.05) is 13.0 Å². The predicted octanol–water partition coefficient (Wildman–Crippen LogP) is 3.87. The third kappa shape index (κ3) is 8.26. The third-order valence-electron chi connectivity index (χ3n) is 6.65. The van der Waals surface area contributed by atoms with Crippen LogP contribution in [0.5, 0.6) is 0 Å². The molecule has 2 aromatic rings. The molecule has 2 aliphatic rings. The number of carbonyl (C=O) groups is 4. The van der Waals surface area contributed by atoms with Crippen LogP contribution in [0.15, 0.2) is 36.4 Å². The van der Waals surface area contributed by atoms with Gasteiger partial charge in [-0.2, -0.15) is 12.6 Å². The smallest absolute Gasteiger partial charge is 0.251 e. The predicted molar refractivity (Wildman–Crippen MR) is 151 cm³/mol. The number of halogens is 2. The second-order valence-electron chi connectivity index (χ2n) is 9.20. The molecule has 2 atom stereocenters. The molecule has 2 N–H and O–H groups in total. The highest BCUT2D eigenvalue weighted by molar-refractivity contribution is 7.79. The lowest BCUT2D eigenvalue weighted by Gasteiger charge is -2.31. The largest absolute Gasteiger partial charge is 0.374 e. The van der Waals surface area contributed by atoms with Crippen molar-refractivity contribution in [2.75, 3.05) is 30.6 Å². The van der Waals surface area contributed by atoms with E-state index in [1.54, 1.807) is 49.4 Å². The first-order valence-corrected chi connectivity index (χ1v) is 13.5. The normalized spacial score (nSPS) is 18.8. The number of likely N-dealkylation sites (tertiary alicyclic amines) is 1. The van der Waals surface area contributed by atoms with E-state index in [0.29, 0.717) is 48.9 Å². The standard InChI is InChI=1S/C14H17FN2O2.C13H15FN2O2.CH4S/c1-3-9-4-5-10(8-11(9)15)16-12-6-7-13(18)17(2)14(12)19;1-8-7-9(3-4-10(8)14)16(2)11-5-6-12(17)15-13(11)18;1-2/h4-5,8,12,16H,3,6-7H2,1-2H3;3-4,7,11H,5-6H2,1-2H3,(H,15,17,18);2H,1H3. The van der Waals surface area contributed by atoms with Gasteiger partial charge < -0.3 is 10.2 Å². The van der Waals surface area contributed by atoms with Crippen LogP contribution in [-0.4, -0.2) is 61.0 Å². The number of imide groups is 2. The Kier molecular flexibility index (Phi) is 11.9. The minimum Gasteiger partial charge on any atom is -0.374 e. The molecule has 8 nitrogen and oxygen atoms in total. The van der Waals surface area contributed by atoms with Crippen LogP contribution in [0.2, 0.25) is 0 Å². The molecule has 11 heteroatoms. The highest BCUT2D eigenvalue weighted by Gasteiger charge is 2.32. The number of hydrogen-bond acceptors (Lipinski definition) is 7. The minimum absolute atomic E-state index is 0.171. The number of likely N-dealkylation sites (N-methyl/N-ethyl adjacent to an activating group) is 2. The van der Waals surface area contributed by atoms with Gasteiger partial charge in [-0.3, -0.25) is 29.4 Å². The van der Waals surface area contributed by atoms with Crippen LogP contribution in [0, 0.1) is 18.6 Å². The second-order valence-corrected chi connectivity index (χ2v) is 9.20. The van der Waals surface area contributed by atoms with Gasteiger partial charge in [0, 0.05) is 38.3 Å². The first kappa shape index (κ1) is 31.7. The summed E-state index contributed by atoms with van der Waals surface area (Å²) in [6.07, 6.45) is 3.92. The molecule has 0 bridgehead atoms. The maximum atomic E-state index is 13.7. The zero-order valence-electron chi connectivity index (χ0n) is 22.9. The van der Waals surface area contributed by atoms with Gasteiger partial charge in [0.15, 0.2) is 0 Å². The topological polar surface area (TPSA) is 98.8 Å². The fourth-order valence-corrected chi connectivity index (χ4v) is 4.25. The van der Waals surface area contributed by atoms with E-state index in [0.717, 1.165) is 10.6 Å². The number of hydrogen-bond donors (Lipinski definition) is 3. The quantitative estimate of drug-likeness (QED) is 0.378. The molecule has 0 radical (unpaired) electrons. The van der Waals surface area contributed by atoms with Crippen LogP contribution < -0.4 is 15.5 Å². The van der Waals surface area contributed by atoms with Crippen molar-refractivity contribution in [2.24, 2.45) is 0 Å². The fraction of sp³-hybridized carbons (Fsp3) is 0.429. The first-order chi connectivity index (χ1) is 18.5. The zero-order chi connectivity index (χ0) is 29.3. The number of thiol groups is 1. The van der Waals surface area contributed by atoms with Crippen molar-refractivity contribution in [3.63, 3.8) is 0 Å². The number of benzene rings is 2. The van der Waals surface area contributed by atoms with E-state index >= 15 is 0 Å². The van der Waals surface area contributed by atoms with E-state index in [2.05, 4.69) is 23.3 Å². The molecule has 212 valence electrons. The first-order valence-electron chi connectivity index (χ1n) is 12.6. The van der Waals surface area contributed by atoms with Crippen LogP contribution in [-0.2, 0) is 25.6 Å². The number of carbonyl (C=O) groups excluding carboxylic acids is 4. The Balaban J connectivity index is 0.000000258. The molecule has 0 aliphatic carbocycles. The SMILES string of the molecule is CCc1ccc(NC2CCC(=O)N(C)C2=O)cc1F.CS.Cc1cc(N(C)C2CCC(=O)NC2=O)ccc1F. The van der Waals surface area contributed by atoms with Crippen LogP contribution in [0.4, 0.5) is 20.2 Å². The van der Waals surface area contributed by atoms with E-state index < -0.39 is 6.04 Å². The molecule has 4 rings (SSSR count). The molecule has 2 heterocycles. The molecule has 2 unspecified atom stereocenters.